The first kappa shape index (κ1) is 10.5. The van der Waals surface area contributed by atoms with Gasteiger partial charge in [-0.1, -0.05) is 0 Å². The average molecular weight is 217 g/mol. The van der Waals surface area contributed by atoms with Gasteiger partial charge in [-0.3, -0.25) is 0 Å². The molecule has 0 aliphatic rings. The first-order chi connectivity index (χ1) is 7.65. The van der Waals surface area contributed by atoms with E-state index in [9.17, 15) is 0 Å². The molecule has 0 bridgehead atoms. The van der Waals surface area contributed by atoms with E-state index in [1.807, 2.05) is 32.0 Å². The molecular weight excluding hydrogens is 202 g/mol. The van der Waals surface area contributed by atoms with Gasteiger partial charge in [0, 0.05) is 0 Å². The third-order valence-corrected chi connectivity index (χ3v) is 2.36. The van der Waals surface area contributed by atoms with Crippen LogP contribution in [0.5, 0.6) is 0 Å². The van der Waals surface area contributed by atoms with E-state index < -0.39 is 0 Å². The fourth-order valence-corrected chi connectivity index (χ4v) is 1.50. The predicted octanol–water partition coefficient (Wildman–Crippen LogP) is 2.74. The minimum absolute atomic E-state index is 0.110. The molecule has 0 radical (unpaired) electrons. The standard InChI is InChI=1S/C12H15N3O/c1-8-3-5-11(16-8)9(2)15-10-4-6-12(13)14-7-10/h3-7,9,15H,1-2H3,(H2,13,14). The van der Waals surface area contributed by atoms with Crippen molar-refractivity contribution in [3.05, 3.63) is 42.0 Å². The Labute approximate surface area is 94.5 Å². The van der Waals surface area contributed by atoms with Crippen LogP contribution in [-0.2, 0) is 0 Å². The van der Waals surface area contributed by atoms with Gasteiger partial charge in [-0.25, -0.2) is 4.98 Å². The summed E-state index contributed by atoms with van der Waals surface area (Å²) in [5.41, 5.74) is 6.44. The average Bonchev–Trinajstić information content (AvgIpc) is 2.68. The van der Waals surface area contributed by atoms with Crippen molar-refractivity contribution in [2.75, 3.05) is 11.1 Å². The first-order valence-corrected chi connectivity index (χ1v) is 5.19. The van der Waals surface area contributed by atoms with Crippen LogP contribution in [0.2, 0.25) is 0 Å². The molecule has 2 heterocycles. The van der Waals surface area contributed by atoms with E-state index in [1.54, 1.807) is 12.3 Å². The van der Waals surface area contributed by atoms with Crippen LogP contribution in [0.3, 0.4) is 0 Å². The molecule has 0 amide bonds. The minimum atomic E-state index is 0.110. The molecule has 2 aromatic rings. The highest BCUT2D eigenvalue weighted by molar-refractivity contribution is 5.46. The maximum Gasteiger partial charge on any atom is 0.126 e. The molecule has 3 N–H and O–H groups in total. The van der Waals surface area contributed by atoms with Crippen molar-refractivity contribution in [1.82, 2.24) is 4.98 Å². The van der Waals surface area contributed by atoms with Gasteiger partial charge in [-0.2, -0.15) is 0 Å². The topological polar surface area (TPSA) is 64.1 Å². The lowest BCUT2D eigenvalue weighted by molar-refractivity contribution is 0.467. The van der Waals surface area contributed by atoms with Gasteiger partial charge in [0.05, 0.1) is 17.9 Å². The van der Waals surface area contributed by atoms with E-state index in [2.05, 4.69) is 10.3 Å². The Morgan fingerprint density at radius 2 is 2.12 bits per heavy atom. The van der Waals surface area contributed by atoms with Crippen molar-refractivity contribution >= 4 is 11.5 Å². The van der Waals surface area contributed by atoms with Crippen LogP contribution in [0, 0.1) is 6.92 Å². The highest BCUT2D eigenvalue weighted by Crippen LogP contribution is 2.20. The summed E-state index contributed by atoms with van der Waals surface area (Å²) in [6.45, 7) is 3.97. The molecule has 4 heteroatoms. The number of nitrogen functional groups attached to an aromatic ring is 1. The highest BCUT2D eigenvalue weighted by Gasteiger charge is 2.08. The summed E-state index contributed by atoms with van der Waals surface area (Å²) < 4.78 is 5.53. The Morgan fingerprint density at radius 1 is 1.31 bits per heavy atom. The lowest BCUT2D eigenvalue weighted by Gasteiger charge is -2.12. The number of nitrogens with one attached hydrogen (secondary N) is 1. The Morgan fingerprint density at radius 3 is 2.69 bits per heavy atom. The number of furan rings is 1. The number of anilines is 2. The summed E-state index contributed by atoms with van der Waals surface area (Å²) in [5.74, 6) is 2.35. The predicted molar refractivity (Wildman–Crippen MR) is 64.1 cm³/mol. The molecule has 0 saturated carbocycles. The molecule has 0 spiro atoms. The lowest BCUT2D eigenvalue weighted by Crippen LogP contribution is -2.06. The third kappa shape index (κ3) is 2.34. The first-order valence-electron chi connectivity index (χ1n) is 5.19. The van der Waals surface area contributed by atoms with Crippen molar-refractivity contribution in [3.8, 4) is 0 Å². The number of hydrogen-bond acceptors (Lipinski definition) is 4. The van der Waals surface area contributed by atoms with Gasteiger partial charge in [0.1, 0.15) is 17.3 Å². The van der Waals surface area contributed by atoms with Crippen LogP contribution >= 0.6 is 0 Å². The smallest absolute Gasteiger partial charge is 0.126 e. The van der Waals surface area contributed by atoms with Crippen LogP contribution in [0.4, 0.5) is 11.5 Å². The molecule has 4 nitrogen and oxygen atoms in total. The lowest BCUT2D eigenvalue weighted by atomic mass is 10.2. The van der Waals surface area contributed by atoms with Gasteiger partial charge in [-0.15, -0.1) is 0 Å². The minimum Gasteiger partial charge on any atom is -0.464 e. The quantitative estimate of drug-likeness (QED) is 0.829. The van der Waals surface area contributed by atoms with Crippen molar-refractivity contribution in [2.45, 2.75) is 19.9 Å². The van der Waals surface area contributed by atoms with Gasteiger partial charge in [0.2, 0.25) is 0 Å². The molecule has 84 valence electrons. The molecule has 16 heavy (non-hydrogen) atoms. The van der Waals surface area contributed by atoms with Crippen LogP contribution in [0.25, 0.3) is 0 Å². The van der Waals surface area contributed by atoms with Crippen molar-refractivity contribution in [1.29, 1.82) is 0 Å². The van der Waals surface area contributed by atoms with Crippen LogP contribution in [0.15, 0.2) is 34.9 Å². The number of aromatic nitrogens is 1. The Balaban J connectivity index is 2.07. The number of nitrogens with zero attached hydrogens (tertiary/aromatic N) is 1. The van der Waals surface area contributed by atoms with Gasteiger partial charge < -0.3 is 15.5 Å². The van der Waals surface area contributed by atoms with Gasteiger partial charge in [-0.05, 0) is 38.1 Å². The molecule has 1 unspecified atom stereocenters. The molecule has 2 aromatic heterocycles. The van der Waals surface area contributed by atoms with E-state index in [-0.39, 0.29) is 6.04 Å². The molecule has 2 rings (SSSR count). The molecular formula is C12H15N3O. The molecule has 0 fully saturated rings. The van der Waals surface area contributed by atoms with E-state index in [1.165, 1.54) is 0 Å². The number of hydrogen-bond donors (Lipinski definition) is 2. The number of aryl methyl sites for hydroxylation is 1. The largest absolute Gasteiger partial charge is 0.464 e. The molecule has 0 aliphatic carbocycles. The Kier molecular flexibility index (Phi) is 2.81. The van der Waals surface area contributed by atoms with E-state index >= 15 is 0 Å². The molecule has 0 aliphatic heterocycles. The van der Waals surface area contributed by atoms with Gasteiger partial charge in [0.15, 0.2) is 0 Å². The van der Waals surface area contributed by atoms with Crippen molar-refractivity contribution in [2.24, 2.45) is 0 Å². The van der Waals surface area contributed by atoms with Crippen molar-refractivity contribution < 1.29 is 4.42 Å². The normalized spacial score (nSPS) is 12.4. The van der Waals surface area contributed by atoms with Crippen LogP contribution in [-0.4, -0.2) is 4.98 Å². The summed E-state index contributed by atoms with van der Waals surface area (Å²) in [4.78, 5) is 4.02. The SMILES string of the molecule is Cc1ccc(C(C)Nc2ccc(N)nc2)o1. The number of nitrogens with two attached hydrogens (primary N) is 1. The Hall–Kier alpha value is -1.97. The second-order valence-electron chi connectivity index (χ2n) is 3.79. The summed E-state index contributed by atoms with van der Waals surface area (Å²) in [6.07, 6.45) is 1.71. The Bertz CT molecular complexity index is 461. The summed E-state index contributed by atoms with van der Waals surface area (Å²) in [6, 6.07) is 7.70. The second-order valence-corrected chi connectivity index (χ2v) is 3.79. The fourth-order valence-electron chi connectivity index (χ4n) is 1.50. The van der Waals surface area contributed by atoms with Crippen LogP contribution < -0.4 is 11.1 Å². The number of pyridine rings is 1. The summed E-state index contributed by atoms with van der Waals surface area (Å²) >= 11 is 0. The monoisotopic (exact) mass is 217 g/mol. The van der Waals surface area contributed by atoms with Crippen molar-refractivity contribution in [3.63, 3.8) is 0 Å². The zero-order valence-corrected chi connectivity index (χ0v) is 9.40. The maximum absolute atomic E-state index is 5.53. The maximum atomic E-state index is 5.53. The van der Waals surface area contributed by atoms with E-state index in [0.717, 1.165) is 17.2 Å². The summed E-state index contributed by atoms with van der Waals surface area (Å²) in [5, 5.41) is 3.29. The van der Waals surface area contributed by atoms with Crippen LogP contribution in [0.1, 0.15) is 24.5 Å². The molecule has 1 atom stereocenters. The van der Waals surface area contributed by atoms with Gasteiger partial charge >= 0.3 is 0 Å². The number of rotatable bonds is 3. The zero-order valence-electron chi connectivity index (χ0n) is 9.40. The highest BCUT2D eigenvalue weighted by atomic mass is 16.3. The zero-order chi connectivity index (χ0) is 11.5. The molecule has 0 aromatic carbocycles. The second kappa shape index (κ2) is 4.26. The van der Waals surface area contributed by atoms with E-state index in [0.29, 0.717) is 5.82 Å². The summed E-state index contributed by atoms with van der Waals surface area (Å²) in [7, 11) is 0. The van der Waals surface area contributed by atoms with Gasteiger partial charge in [0.25, 0.3) is 0 Å². The molecule has 0 saturated heterocycles. The van der Waals surface area contributed by atoms with E-state index in [4.69, 9.17) is 10.2 Å². The third-order valence-electron chi connectivity index (χ3n) is 2.36. The fraction of sp³-hybridized carbons (Fsp3) is 0.250.